The quantitative estimate of drug-likeness (QED) is 0.626. The van der Waals surface area contributed by atoms with E-state index in [4.69, 9.17) is 4.74 Å². The Bertz CT molecular complexity index is 998. The van der Waals surface area contributed by atoms with Crippen LogP contribution in [0.15, 0.2) is 12.4 Å². The summed E-state index contributed by atoms with van der Waals surface area (Å²) in [6.07, 6.45) is 9.25. The van der Waals surface area contributed by atoms with Gasteiger partial charge < -0.3 is 9.30 Å². The normalized spacial score (nSPS) is 19.9. The van der Waals surface area contributed by atoms with E-state index in [2.05, 4.69) is 42.4 Å². The molecule has 10 heteroatoms. The van der Waals surface area contributed by atoms with Gasteiger partial charge in [0.05, 0.1) is 30.6 Å². The number of imidazole rings is 1. The van der Waals surface area contributed by atoms with Crippen molar-refractivity contribution >= 4 is 0 Å². The van der Waals surface area contributed by atoms with E-state index in [9.17, 15) is 0 Å². The fraction of sp³-hybridized carbons (Fsp3) is 0.650. The Kier molecular flexibility index (Phi) is 5.34. The number of aryl methyl sites for hydroxylation is 2. The SMILES string of the molecule is CCc1c(C(NCc2cnc3n2CCCC3)c2nnnn2C2CCOC2)cnn1C. The summed E-state index contributed by atoms with van der Waals surface area (Å²) >= 11 is 0. The zero-order chi connectivity index (χ0) is 20.5. The van der Waals surface area contributed by atoms with Crippen LogP contribution in [0.4, 0.5) is 0 Å². The summed E-state index contributed by atoms with van der Waals surface area (Å²) in [6.45, 7) is 5.29. The Morgan fingerprint density at radius 1 is 1.30 bits per heavy atom. The zero-order valence-corrected chi connectivity index (χ0v) is 17.7. The van der Waals surface area contributed by atoms with Crippen molar-refractivity contribution in [3.63, 3.8) is 0 Å². The summed E-state index contributed by atoms with van der Waals surface area (Å²) in [5.74, 6) is 2.00. The van der Waals surface area contributed by atoms with E-state index in [0.717, 1.165) is 43.8 Å². The maximum Gasteiger partial charge on any atom is 0.173 e. The van der Waals surface area contributed by atoms with Gasteiger partial charge in [0.25, 0.3) is 0 Å². The molecule has 1 saturated heterocycles. The summed E-state index contributed by atoms with van der Waals surface area (Å²) in [7, 11) is 1.99. The van der Waals surface area contributed by atoms with Crippen molar-refractivity contribution in [3.05, 3.63) is 41.0 Å². The van der Waals surface area contributed by atoms with E-state index in [-0.39, 0.29) is 12.1 Å². The third kappa shape index (κ3) is 3.43. The van der Waals surface area contributed by atoms with Crippen LogP contribution in [-0.4, -0.2) is 52.8 Å². The average molecular weight is 412 g/mol. The summed E-state index contributed by atoms with van der Waals surface area (Å²) in [4.78, 5) is 4.63. The predicted octanol–water partition coefficient (Wildman–Crippen LogP) is 1.34. The molecule has 0 aromatic carbocycles. The molecule has 2 unspecified atom stereocenters. The highest BCUT2D eigenvalue weighted by molar-refractivity contribution is 5.28. The summed E-state index contributed by atoms with van der Waals surface area (Å²) in [5.41, 5.74) is 3.51. The lowest BCUT2D eigenvalue weighted by atomic mass is 10.0. The Hall–Kier alpha value is -2.59. The molecule has 1 fully saturated rings. The van der Waals surface area contributed by atoms with Crippen molar-refractivity contribution < 1.29 is 4.74 Å². The third-order valence-electron chi connectivity index (χ3n) is 6.31. The van der Waals surface area contributed by atoms with Crippen molar-refractivity contribution in [1.29, 1.82) is 0 Å². The molecule has 1 N–H and O–H groups in total. The van der Waals surface area contributed by atoms with E-state index in [1.165, 1.54) is 30.1 Å². The largest absolute Gasteiger partial charge is 0.379 e. The number of aromatic nitrogens is 8. The second-order valence-corrected chi connectivity index (χ2v) is 8.11. The highest BCUT2D eigenvalue weighted by Crippen LogP contribution is 2.28. The first-order valence-electron chi connectivity index (χ1n) is 10.9. The van der Waals surface area contributed by atoms with E-state index in [0.29, 0.717) is 13.2 Å². The maximum atomic E-state index is 5.59. The topological polar surface area (TPSA) is 101 Å². The van der Waals surface area contributed by atoms with Gasteiger partial charge in [-0.3, -0.25) is 10.00 Å². The van der Waals surface area contributed by atoms with Gasteiger partial charge in [-0.05, 0) is 36.1 Å². The van der Waals surface area contributed by atoms with Crippen molar-refractivity contribution in [2.24, 2.45) is 7.05 Å². The Morgan fingerprint density at radius 3 is 3.07 bits per heavy atom. The molecule has 3 aromatic heterocycles. The Balaban J connectivity index is 1.48. The van der Waals surface area contributed by atoms with Gasteiger partial charge in [-0.1, -0.05) is 6.92 Å². The molecule has 2 aliphatic rings. The number of hydrogen-bond acceptors (Lipinski definition) is 7. The van der Waals surface area contributed by atoms with Crippen LogP contribution in [0, 0.1) is 0 Å². The summed E-state index contributed by atoms with van der Waals surface area (Å²) in [5, 5.41) is 21.0. The monoisotopic (exact) mass is 411 g/mol. The molecule has 10 nitrogen and oxygen atoms in total. The summed E-state index contributed by atoms with van der Waals surface area (Å²) in [6, 6.07) is 0.0164. The van der Waals surface area contributed by atoms with Gasteiger partial charge in [0.15, 0.2) is 5.82 Å². The molecule has 3 aromatic rings. The minimum atomic E-state index is -0.154. The van der Waals surface area contributed by atoms with Gasteiger partial charge in [0.1, 0.15) is 5.82 Å². The van der Waals surface area contributed by atoms with E-state index >= 15 is 0 Å². The molecule has 2 aliphatic heterocycles. The van der Waals surface area contributed by atoms with Crippen LogP contribution in [0.3, 0.4) is 0 Å². The van der Waals surface area contributed by atoms with E-state index in [1.807, 2.05) is 28.8 Å². The van der Waals surface area contributed by atoms with Gasteiger partial charge in [-0.15, -0.1) is 5.10 Å². The van der Waals surface area contributed by atoms with Crippen molar-refractivity contribution in [3.8, 4) is 0 Å². The highest BCUT2D eigenvalue weighted by atomic mass is 16.5. The van der Waals surface area contributed by atoms with Gasteiger partial charge in [0.2, 0.25) is 0 Å². The Labute approximate surface area is 175 Å². The molecular weight excluding hydrogens is 382 g/mol. The lowest BCUT2D eigenvalue weighted by Gasteiger charge is -2.22. The number of hydrogen-bond donors (Lipinski definition) is 1. The lowest BCUT2D eigenvalue weighted by Crippen LogP contribution is -2.29. The van der Waals surface area contributed by atoms with Crippen LogP contribution in [-0.2, 0) is 37.7 Å². The van der Waals surface area contributed by atoms with Gasteiger partial charge >= 0.3 is 0 Å². The Morgan fingerprint density at radius 2 is 2.23 bits per heavy atom. The van der Waals surface area contributed by atoms with Gasteiger partial charge in [-0.25, -0.2) is 9.67 Å². The first-order chi connectivity index (χ1) is 14.8. The fourth-order valence-electron chi connectivity index (χ4n) is 4.69. The van der Waals surface area contributed by atoms with Crippen LogP contribution in [0.5, 0.6) is 0 Å². The first kappa shape index (κ1) is 19.4. The van der Waals surface area contributed by atoms with Crippen LogP contribution < -0.4 is 5.32 Å². The molecule has 5 heterocycles. The number of tetrazole rings is 1. The smallest absolute Gasteiger partial charge is 0.173 e. The van der Waals surface area contributed by atoms with Gasteiger partial charge in [0, 0.05) is 50.6 Å². The molecule has 0 radical (unpaired) electrons. The highest BCUT2D eigenvalue weighted by Gasteiger charge is 2.30. The van der Waals surface area contributed by atoms with Gasteiger partial charge in [-0.2, -0.15) is 5.10 Å². The standard InChI is InChI=1S/C20H29N9O/c1-3-17-16(12-23-27(17)2)19(20-24-25-26-29(20)14-7-9-30-13-14)22-11-15-10-21-18-6-4-5-8-28(15)18/h10,12,14,19,22H,3-9,11,13H2,1-2H3. The van der Waals surface area contributed by atoms with Crippen LogP contribution in [0.25, 0.3) is 0 Å². The molecule has 0 spiro atoms. The van der Waals surface area contributed by atoms with Crippen LogP contribution in [0.2, 0.25) is 0 Å². The molecule has 0 amide bonds. The minimum absolute atomic E-state index is 0.154. The molecule has 160 valence electrons. The van der Waals surface area contributed by atoms with E-state index < -0.39 is 0 Å². The van der Waals surface area contributed by atoms with Crippen molar-refractivity contribution in [2.45, 2.75) is 64.2 Å². The van der Waals surface area contributed by atoms with Crippen LogP contribution >= 0.6 is 0 Å². The third-order valence-corrected chi connectivity index (χ3v) is 6.31. The maximum absolute atomic E-state index is 5.59. The molecule has 0 aliphatic carbocycles. The number of fused-ring (bicyclic) bond motifs is 1. The van der Waals surface area contributed by atoms with Crippen molar-refractivity contribution in [2.75, 3.05) is 13.2 Å². The van der Waals surface area contributed by atoms with Crippen molar-refractivity contribution in [1.82, 2.24) is 44.9 Å². The first-order valence-corrected chi connectivity index (χ1v) is 10.9. The molecule has 5 rings (SSSR count). The molecule has 30 heavy (non-hydrogen) atoms. The fourth-order valence-corrected chi connectivity index (χ4v) is 4.69. The average Bonchev–Trinajstić information content (AvgIpc) is 3.55. The molecule has 0 saturated carbocycles. The molecular formula is C20H29N9O. The number of rotatable bonds is 7. The second-order valence-electron chi connectivity index (χ2n) is 8.11. The molecule has 2 atom stereocenters. The second kappa shape index (κ2) is 8.27. The number of nitrogens with one attached hydrogen (secondary N) is 1. The zero-order valence-electron chi connectivity index (χ0n) is 17.7. The minimum Gasteiger partial charge on any atom is -0.379 e. The number of nitrogens with zero attached hydrogens (tertiary/aromatic N) is 8. The predicted molar refractivity (Wildman–Crippen MR) is 109 cm³/mol. The van der Waals surface area contributed by atoms with E-state index in [1.54, 1.807) is 0 Å². The number of ether oxygens (including phenoxy) is 1. The molecule has 0 bridgehead atoms. The van der Waals surface area contributed by atoms with Crippen LogP contribution in [0.1, 0.15) is 66.9 Å². The lowest BCUT2D eigenvalue weighted by molar-refractivity contribution is 0.183. The summed E-state index contributed by atoms with van der Waals surface area (Å²) < 4.78 is 11.8.